The molecule has 19 heavy (non-hydrogen) atoms. The van der Waals surface area contributed by atoms with Crippen molar-refractivity contribution in [1.29, 1.82) is 0 Å². The third-order valence-electron chi connectivity index (χ3n) is 3.40. The summed E-state index contributed by atoms with van der Waals surface area (Å²) in [5, 5.41) is 0.175. The average Bonchev–Trinajstić information content (AvgIpc) is 2.36. The highest BCUT2D eigenvalue weighted by molar-refractivity contribution is 6.33. The first-order valence-electron chi connectivity index (χ1n) is 6.07. The van der Waals surface area contributed by atoms with Crippen molar-refractivity contribution in [2.45, 2.75) is 26.1 Å². The Balaban J connectivity index is 2.52. The molecule has 0 N–H and O–H groups in total. The molecule has 0 radical (unpaired) electrons. The second kappa shape index (κ2) is 5.52. The SMILES string of the molecule is Cc1cc(Cl)c(C(Cl)c2cc(F)ccc2C)cc1C. The van der Waals surface area contributed by atoms with E-state index in [9.17, 15) is 4.39 Å². The first-order chi connectivity index (χ1) is 8.90. The maximum atomic E-state index is 13.4. The quantitative estimate of drug-likeness (QED) is 0.621. The van der Waals surface area contributed by atoms with Gasteiger partial charge in [-0.25, -0.2) is 4.39 Å². The van der Waals surface area contributed by atoms with Gasteiger partial charge in [-0.3, -0.25) is 0 Å². The second-order valence-corrected chi connectivity index (χ2v) is 5.67. The highest BCUT2D eigenvalue weighted by Gasteiger charge is 2.17. The van der Waals surface area contributed by atoms with Gasteiger partial charge < -0.3 is 0 Å². The van der Waals surface area contributed by atoms with Crippen LogP contribution in [0.2, 0.25) is 5.02 Å². The van der Waals surface area contributed by atoms with Crippen LogP contribution in [-0.2, 0) is 0 Å². The van der Waals surface area contributed by atoms with Gasteiger partial charge in [0.05, 0.1) is 5.38 Å². The molecule has 1 unspecified atom stereocenters. The molecule has 2 rings (SSSR count). The molecule has 1 atom stereocenters. The fourth-order valence-corrected chi connectivity index (χ4v) is 2.85. The van der Waals surface area contributed by atoms with Gasteiger partial charge in [-0.2, -0.15) is 0 Å². The van der Waals surface area contributed by atoms with Crippen molar-refractivity contribution in [1.82, 2.24) is 0 Å². The van der Waals surface area contributed by atoms with E-state index in [4.69, 9.17) is 23.2 Å². The fourth-order valence-electron chi connectivity index (χ4n) is 2.05. The molecule has 100 valence electrons. The highest BCUT2D eigenvalue weighted by Crippen LogP contribution is 2.36. The smallest absolute Gasteiger partial charge is 0.123 e. The number of alkyl halides is 1. The van der Waals surface area contributed by atoms with Gasteiger partial charge >= 0.3 is 0 Å². The van der Waals surface area contributed by atoms with Crippen LogP contribution in [0.4, 0.5) is 4.39 Å². The van der Waals surface area contributed by atoms with Crippen LogP contribution in [0.3, 0.4) is 0 Å². The Labute approximate surface area is 123 Å². The van der Waals surface area contributed by atoms with Gasteiger partial charge in [0.1, 0.15) is 5.82 Å². The lowest BCUT2D eigenvalue weighted by atomic mass is 9.97. The molecule has 0 aliphatic heterocycles. The van der Waals surface area contributed by atoms with Crippen molar-refractivity contribution >= 4 is 23.2 Å². The summed E-state index contributed by atoms with van der Waals surface area (Å²) in [6, 6.07) is 8.51. The number of rotatable bonds is 2. The van der Waals surface area contributed by atoms with Gasteiger partial charge in [0.25, 0.3) is 0 Å². The highest BCUT2D eigenvalue weighted by atomic mass is 35.5. The molecule has 0 saturated heterocycles. The molecule has 0 aromatic heterocycles. The summed E-state index contributed by atoms with van der Waals surface area (Å²) in [5.74, 6) is -0.286. The summed E-state index contributed by atoms with van der Waals surface area (Å²) in [6.45, 7) is 5.93. The molecule has 3 heteroatoms. The number of hydrogen-bond donors (Lipinski definition) is 0. The number of hydrogen-bond acceptors (Lipinski definition) is 0. The standard InChI is InChI=1S/C16H15Cl2F/c1-9-4-5-12(19)8-13(9)16(18)14-6-10(2)11(3)7-15(14)17/h4-8,16H,1-3H3. The van der Waals surface area contributed by atoms with E-state index in [1.807, 2.05) is 32.9 Å². The van der Waals surface area contributed by atoms with E-state index in [1.165, 1.54) is 12.1 Å². The maximum Gasteiger partial charge on any atom is 0.123 e. The molecule has 0 aliphatic carbocycles. The molecule has 0 heterocycles. The van der Waals surface area contributed by atoms with Crippen LogP contribution in [-0.4, -0.2) is 0 Å². The van der Waals surface area contributed by atoms with Crippen molar-refractivity contribution in [2.75, 3.05) is 0 Å². The van der Waals surface area contributed by atoms with E-state index in [0.717, 1.165) is 27.8 Å². The topological polar surface area (TPSA) is 0 Å². The minimum Gasteiger partial charge on any atom is -0.207 e. The van der Waals surface area contributed by atoms with Crippen molar-refractivity contribution in [3.8, 4) is 0 Å². The van der Waals surface area contributed by atoms with E-state index in [1.54, 1.807) is 6.07 Å². The third kappa shape index (κ3) is 2.93. The zero-order chi connectivity index (χ0) is 14.2. The van der Waals surface area contributed by atoms with Gasteiger partial charge in [-0.1, -0.05) is 23.7 Å². The molecular weight excluding hydrogens is 282 g/mol. The molecule has 0 saturated carbocycles. The van der Waals surface area contributed by atoms with Gasteiger partial charge in [0.15, 0.2) is 0 Å². The Bertz CT molecular complexity index is 620. The summed E-state index contributed by atoms with van der Waals surface area (Å²) >= 11 is 12.7. The third-order valence-corrected chi connectivity index (χ3v) is 4.20. The van der Waals surface area contributed by atoms with E-state index < -0.39 is 5.38 Å². The van der Waals surface area contributed by atoms with Crippen LogP contribution < -0.4 is 0 Å². The molecule has 0 fully saturated rings. The molecule has 0 amide bonds. The van der Waals surface area contributed by atoms with Gasteiger partial charge in [0, 0.05) is 5.02 Å². The number of aryl methyl sites for hydroxylation is 3. The van der Waals surface area contributed by atoms with Crippen molar-refractivity contribution in [2.24, 2.45) is 0 Å². The van der Waals surface area contributed by atoms with Crippen molar-refractivity contribution in [3.05, 3.63) is 69.0 Å². The van der Waals surface area contributed by atoms with Gasteiger partial charge in [-0.05, 0) is 66.8 Å². The lowest BCUT2D eigenvalue weighted by Crippen LogP contribution is -1.99. The van der Waals surface area contributed by atoms with Crippen LogP contribution >= 0.6 is 23.2 Å². The molecule has 2 aromatic rings. The molecule has 0 spiro atoms. The van der Waals surface area contributed by atoms with Crippen LogP contribution in [0.1, 0.15) is 33.2 Å². The number of halogens is 3. The Kier molecular flexibility index (Phi) is 4.17. The number of benzene rings is 2. The Morgan fingerprint density at radius 3 is 2.21 bits per heavy atom. The normalized spacial score (nSPS) is 12.5. The largest absolute Gasteiger partial charge is 0.207 e. The zero-order valence-corrected chi connectivity index (χ0v) is 12.6. The summed E-state index contributed by atoms with van der Waals surface area (Å²) in [6.07, 6.45) is 0. The molecular formula is C16H15Cl2F. The first kappa shape index (κ1) is 14.4. The summed E-state index contributed by atoms with van der Waals surface area (Å²) in [7, 11) is 0. The monoisotopic (exact) mass is 296 g/mol. The van der Waals surface area contributed by atoms with E-state index >= 15 is 0 Å². The van der Waals surface area contributed by atoms with Crippen molar-refractivity contribution in [3.63, 3.8) is 0 Å². The molecule has 2 aromatic carbocycles. The van der Waals surface area contributed by atoms with Gasteiger partial charge in [-0.15, -0.1) is 11.6 Å². The lowest BCUT2D eigenvalue weighted by molar-refractivity contribution is 0.625. The van der Waals surface area contributed by atoms with Gasteiger partial charge in [0.2, 0.25) is 0 Å². The molecule has 0 aliphatic rings. The zero-order valence-electron chi connectivity index (χ0n) is 11.1. The Morgan fingerprint density at radius 2 is 1.53 bits per heavy atom. The summed E-state index contributed by atoms with van der Waals surface area (Å²) in [5.41, 5.74) is 4.77. The fraction of sp³-hybridized carbons (Fsp3) is 0.250. The average molecular weight is 297 g/mol. The molecule has 0 nitrogen and oxygen atoms in total. The van der Waals surface area contributed by atoms with E-state index in [2.05, 4.69) is 0 Å². The molecule has 0 bridgehead atoms. The Morgan fingerprint density at radius 1 is 0.895 bits per heavy atom. The minimum atomic E-state index is -0.442. The van der Waals surface area contributed by atoms with Crippen LogP contribution in [0, 0.1) is 26.6 Å². The van der Waals surface area contributed by atoms with Crippen LogP contribution in [0.25, 0.3) is 0 Å². The van der Waals surface area contributed by atoms with E-state index in [-0.39, 0.29) is 5.82 Å². The lowest BCUT2D eigenvalue weighted by Gasteiger charge is -2.16. The van der Waals surface area contributed by atoms with Crippen molar-refractivity contribution < 1.29 is 4.39 Å². The predicted molar refractivity (Wildman–Crippen MR) is 79.8 cm³/mol. The predicted octanol–water partition coefficient (Wildman–Crippen LogP) is 5.73. The summed E-state index contributed by atoms with van der Waals surface area (Å²) < 4.78 is 13.4. The van der Waals surface area contributed by atoms with E-state index in [0.29, 0.717) is 5.02 Å². The summed E-state index contributed by atoms with van der Waals surface area (Å²) in [4.78, 5) is 0. The second-order valence-electron chi connectivity index (χ2n) is 4.82. The van der Waals surface area contributed by atoms with Crippen LogP contribution in [0.5, 0.6) is 0 Å². The Hall–Kier alpha value is -1.05. The maximum absolute atomic E-state index is 13.4. The minimum absolute atomic E-state index is 0.286. The first-order valence-corrected chi connectivity index (χ1v) is 6.88. The van der Waals surface area contributed by atoms with Crippen LogP contribution in [0.15, 0.2) is 30.3 Å².